The second-order valence-electron chi connectivity index (χ2n) is 5.95. The first-order chi connectivity index (χ1) is 7.93. The fraction of sp³-hybridized carbons (Fsp3) is 1.00. The van der Waals surface area contributed by atoms with Crippen LogP contribution in [0.4, 0.5) is 0 Å². The van der Waals surface area contributed by atoms with Crippen molar-refractivity contribution in [2.75, 3.05) is 19.6 Å². The molecule has 0 spiro atoms. The minimum absolute atomic E-state index is 0.661. The number of hydrogen-bond donors (Lipinski definition) is 1. The predicted octanol–water partition coefficient (Wildman–Crippen LogP) is 3.38. The highest BCUT2D eigenvalue weighted by Gasteiger charge is 2.23. The number of rotatable bonds is 9. The van der Waals surface area contributed by atoms with Crippen molar-refractivity contribution in [2.45, 2.75) is 67.0 Å². The standard InChI is InChI=1S/C15H34N2/c1-8-14(7)17(9-2)15(13(5)6)11-16-10-12(3)4/h12-16H,8-11H2,1-7H3. The lowest BCUT2D eigenvalue weighted by Crippen LogP contribution is -2.49. The first kappa shape index (κ1) is 16.9. The van der Waals surface area contributed by atoms with Crippen LogP contribution in [-0.2, 0) is 0 Å². The highest BCUT2D eigenvalue weighted by atomic mass is 15.2. The van der Waals surface area contributed by atoms with Gasteiger partial charge in [0, 0.05) is 18.6 Å². The van der Waals surface area contributed by atoms with Crippen LogP contribution in [-0.4, -0.2) is 36.6 Å². The van der Waals surface area contributed by atoms with Crippen molar-refractivity contribution in [3.63, 3.8) is 0 Å². The second kappa shape index (κ2) is 8.93. The fourth-order valence-electron chi connectivity index (χ4n) is 2.36. The summed E-state index contributed by atoms with van der Waals surface area (Å²) in [6.45, 7) is 19.5. The molecule has 0 rings (SSSR count). The van der Waals surface area contributed by atoms with Gasteiger partial charge in [0.2, 0.25) is 0 Å². The smallest absolute Gasteiger partial charge is 0.0246 e. The zero-order valence-electron chi connectivity index (χ0n) is 13.1. The van der Waals surface area contributed by atoms with Crippen LogP contribution >= 0.6 is 0 Å². The molecule has 0 amide bonds. The van der Waals surface area contributed by atoms with Crippen LogP contribution in [0.3, 0.4) is 0 Å². The Morgan fingerprint density at radius 2 is 1.53 bits per heavy atom. The molecule has 2 heteroatoms. The summed E-state index contributed by atoms with van der Waals surface area (Å²) in [5.74, 6) is 1.45. The molecule has 2 atom stereocenters. The van der Waals surface area contributed by atoms with Gasteiger partial charge in [-0.05, 0) is 38.3 Å². The van der Waals surface area contributed by atoms with Crippen LogP contribution in [0.5, 0.6) is 0 Å². The maximum Gasteiger partial charge on any atom is 0.0246 e. The van der Waals surface area contributed by atoms with Crippen LogP contribution < -0.4 is 5.32 Å². The molecule has 0 saturated carbocycles. The Balaban J connectivity index is 4.37. The quantitative estimate of drug-likeness (QED) is 0.667. The lowest BCUT2D eigenvalue weighted by atomic mass is 9.99. The molecule has 17 heavy (non-hydrogen) atoms. The first-order valence-corrected chi connectivity index (χ1v) is 7.40. The molecule has 0 aromatic carbocycles. The van der Waals surface area contributed by atoms with Crippen molar-refractivity contribution < 1.29 is 0 Å². The van der Waals surface area contributed by atoms with Gasteiger partial charge in [-0.3, -0.25) is 4.90 Å². The molecule has 0 aromatic rings. The van der Waals surface area contributed by atoms with Crippen LogP contribution in [0.2, 0.25) is 0 Å². The summed E-state index contributed by atoms with van der Waals surface area (Å²) in [5.41, 5.74) is 0. The van der Waals surface area contributed by atoms with E-state index in [1.165, 1.54) is 6.42 Å². The maximum atomic E-state index is 3.62. The largest absolute Gasteiger partial charge is 0.315 e. The highest BCUT2D eigenvalue weighted by Crippen LogP contribution is 2.15. The molecule has 0 aromatic heterocycles. The first-order valence-electron chi connectivity index (χ1n) is 7.40. The SMILES string of the molecule is CCC(C)N(CC)C(CNCC(C)C)C(C)C. The lowest BCUT2D eigenvalue weighted by Gasteiger charge is -2.38. The maximum absolute atomic E-state index is 3.62. The van der Waals surface area contributed by atoms with Crippen LogP contribution in [0.1, 0.15) is 54.9 Å². The van der Waals surface area contributed by atoms with Gasteiger partial charge in [0.1, 0.15) is 0 Å². The molecule has 0 aliphatic carbocycles. The van der Waals surface area contributed by atoms with Gasteiger partial charge in [0.15, 0.2) is 0 Å². The van der Waals surface area contributed by atoms with E-state index >= 15 is 0 Å². The van der Waals surface area contributed by atoms with E-state index in [9.17, 15) is 0 Å². The van der Waals surface area contributed by atoms with Gasteiger partial charge in [-0.15, -0.1) is 0 Å². The zero-order valence-corrected chi connectivity index (χ0v) is 13.1. The molecule has 0 bridgehead atoms. The Morgan fingerprint density at radius 1 is 0.941 bits per heavy atom. The van der Waals surface area contributed by atoms with Gasteiger partial charge in [-0.1, -0.05) is 41.5 Å². The summed E-state index contributed by atoms with van der Waals surface area (Å²) in [4.78, 5) is 2.65. The van der Waals surface area contributed by atoms with E-state index in [4.69, 9.17) is 0 Å². The van der Waals surface area contributed by atoms with Gasteiger partial charge in [0.05, 0.1) is 0 Å². The number of nitrogens with one attached hydrogen (secondary N) is 1. The summed E-state index contributed by atoms with van der Waals surface area (Å²) in [5, 5.41) is 3.62. The summed E-state index contributed by atoms with van der Waals surface area (Å²) >= 11 is 0. The third-order valence-corrected chi connectivity index (χ3v) is 3.62. The molecule has 2 nitrogen and oxygen atoms in total. The molecular formula is C15H34N2. The molecule has 104 valence electrons. The van der Waals surface area contributed by atoms with Crippen LogP contribution in [0, 0.1) is 11.8 Å². The molecule has 2 unspecified atom stereocenters. The van der Waals surface area contributed by atoms with Gasteiger partial charge in [-0.25, -0.2) is 0 Å². The van der Waals surface area contributed by atoms with Crippen molar-refractivity contribution >= 4 is 0 Å². The number of likely N-dealkylation sites (N-methyl/N-ethyl adjacent to an activating group) is 1. The third-order valence-electron chi connectivity index (χ3n) is 3.62. The predicted molar refractivity (Wildman–Crippen MR) is 78.5 cm³/mol. The van der Waals surface area contributed by atoms with E-state index in [1.54, 1.807) is 0 Å². The van der Waals surface area contributed by atoms with Crippen molar-refractivity contribution in [3.8, 4) is 0 Å². The van der Waals surface area contributed by atoms with Crippen molar-refractivity contribution in [2.24, 2.45) is 11.8 Å². The molecule has 0 heterocycles. The minimum atomic E-state index is 0.661. The van der Waals surface area contributed by atoms with Crippen molar-refractivity contribution in [1.29, 1.82) is 0 Å². The Kier molecular flexibility index (Phi) is 8.89. The zero-order chi connectivity index (χ0) is 13.4. The molecule has 0 saturated heterocycles. The molecular weight excluding hydrogens is 208 g/mol. The van der Waals surface area contributed by atoms with E-state index in [0.29, 0.717) is 18.0 Å². The minimum Gasteiger partial charge on any atom is -0.315 e. The normalized spacial score (nSPS) is 15.9. The van der Waals surface area contributed by atoms with Gasteiger partial charge < -0.3 is 5.32 Å². The van der Waals surface area contributed by atoms with Crippen molar-refractivity contribution in [3.05, 3.63) is 0 Å². The molecule has 1 N–H and O–H groups in total. The molecule has 0 aliphatic rings. The topological polar surface area (TPSA) is 15.3 Å². The summed E-state index contributed by atoms with van der Waals surface area (Å²) in [6, 6.07) is 1.35. The summed E-state index contributed by atoms with van der Waals surface area (Å²) in [6.07, 6.45) is 1.24. The summed E-state index contributed by atoms with van der Waals surface area (Å²) < 4.78 is 0. The molecule has 0 aliphatic heterocycles. The molecule has 0 radical (unpaired) electrons. The number of nitrogens with zero attached hydrogens (tertiary/aromatic N) is 1. The second-order valence-corrected chi connectivity index (χ2v) is 5.95. The highest BCUT2D eigenvalue weighted by molar-refractivity contribution is 4.80. The van der Waals surface area contributed by atoms with Crippen LogP contribution in [0.25, 0.3) is 0 Å². The summed E-state index contributed by atoms with van der Waals surface area (Å²) in [7, 11) is 0. The third kappa shape index (κ3) is 6.42. The Hall–Kier alpha value is -0.0800. The van der Waals surface area contributed by atoms with Crippen molar-refractivity contribution in [1.82, 2.24) is 10.2 Å². The van der Waals surface area contributed by atoms with E-state index in [1.807, 2.05) is 0 Å². The molecule has 0 fully saturated rings. The average molecular weight is 242 g/mol. The van der Waals surface area contributed by atoms with Crippen LogP contribution in [0.15, 0.2) is 0 Å². The van der Waals surface area contributed by atoms with E-state index in [2.05, 4.69) is 58.7 Å². The lowest BCUT2D eigenvalue weighted by molar-refractivity contribution is 0.111. The monoisotopic (exact) mass is 242 g/mol. The Bertz CT molecular complexity index is 178. The van der Waals surface area contributed by atoms with Gasteiger partial charge in [0.25, 0.3) is 0 Å². The van der Waals surface area contributed by atoms with E-state index in [-0.39, 0.29) is 0 Å². The van der Waals surface area contributed by atoms with E-state index < -0.39 is 0 Å². The Morgan fingerprint density at radius 3 is 1.88 bits per heavy atom. The Labute approximate surface area is 109 Å². The average Bonchev–Trinajstić information content (AvgIpc) is 2.26. The van der Waals surface area contributed by atoms with Gasteiger partial charge >= 0.3 is 0 Å². The number of hydrogen-bond acceptors (Lipinski definition) is 2. The fourth-order valence-corrected chi connectivity index (χ4v) is 2.36. The van der Waals surface area contributed by atoms with Gasteiger partial charge in [-0.2, -0.15) is 0 Å². The van der Waals surface area contributed by atoms with E-state index in [0.717, 1.165) is 25.6 Å².